The Morgan fingerprint density at radius 1 is 1.33 bits per heavy atom. The third-order valence-electron chi connectivity index (χ3n) is 3.04. The summed E-state index contributed by atoms with van der Waals surface area (Å²) in [6.07, 6.45) is 1.70. The van der Waals surface area contributed by atoms with Crippen molar-refractivity contribution in [3.05, 3.63) is 53.5 Å². The fourth-order valence-corrected chi connectivity index (χ4v) is 1.96. The molecule has 0 amide bonds. The molecule has 2 rings (SSSR count). The number of furan rings is 1. The maximum atomic E-state index is 5.36. The highest BCUT2D eigenvalue weighted by molar-refractivity contribution is 5.36. The van der Waals surface area contributed by atoms with Crippen molar-refractivity contribution in [2.24, 2.45) is 0 Å². The topological polar surface area (TPSA) is 34.4 Å². The zero-order valence-corrected chi connectivity index (χ0v) is 11.1. The van der Waals surface area contributed by atoms with Crippen LogP contribution in [0.25, 0.3) is 0 Å². The van der Waals surface area contributed by atoms with Gasteiger partial charge >= 0.3 is 0 Å². The molecular weight excluding hydrogens is 226 g/mol. The molecule has 1 heterocycles. The van der Waals surface area contributed by atoms with Crippen LogP contribution in [-0.2, 0) is 6.54 Å². The number of ether oxygens (including phenoxy) is 1. The smallest absolute Gasteiger partial charge is 0.121 e. The van der Waals surface area contributed by atoms with Gasteiger partial charge in [0, 0.05) is 6.54 Å². The van der Waals surface area contributed by atoms with Crippen LogP contribution in [0.5, 0.6) is 5.75 Å². The normalized spacial score (nSPS) is 12.4. The summed E-state index contributed by atoms with van der Waals surface area (Å²) in [7, 11) is 1.69. The molecule has 18 heavy (non-hydrogen) atoms. The lowest BCUT2D eigenvalue weighted by Gasteiger charge is -2.12. The number of nitrogens with one attached hydrogen (secondary N) is 1. The molecule has 0 spiro atoms. The lowest BCUT2D eigenvalue weighted by molar-refractivity contribution is 0.411. The van der Waals surface area contributed by atoms with Crippen molar-refractivity contribution in [3.8, 4) is 5.75 Å². The van der Waals surface area contributed by atoms with Crippen LogP contribution >= 0.6 is 0 Å². The second kappa shape index (κ2) is 5.74. The van der Waals surface area contributed by atoms with E-state index in [0.29, 0.717) is 0 Å². The zero-order chi connectivity index (χ0) is 13.0. The Hall–Kier alpha value is -1.74. The summed E-state index contributed by atoms with van der Waals surface area (Å²) < 4.78 is 10.6. The van der Waals surface area contributed by atoms with E-state index in [1.165, 1.54) is 5.56 Å². The van der Waals surface area contributed by atoms with Gasteiger partial charge in [-0.15, -0.1) is 0 Å². The van der Waals surface area contributed by atoms with Crippen molar-refractivity contribution in [1.29, 1.82) is 0 Å². The van der Waals surface area contributed by atoms with Crippen LogP contribution in [-0.4, -0.2) is 7.11 Å². The minimum Gasteiger partial charge on any atom is -0.496 e. The fraction of sp³-hybridized carbons (Fsp3) is 0.333. The van der Waals surface area contributed by atoms with Crippen molar-refractivity contribution >= 4 is 0 Å². The van der Waals surface area contributed by atoms with Crippen LogP contribution in [0.1, 0.15) is 29.9 Å². The van der Waals surface area contributed by atoms with Gasteiger partial charge in [-0.1, -0.05) is 12.1 Å². The number of hydrogen-bond acceptors (Lipinski definition) is 3. The van der Waals surface area contributed by atoms with Crippen molar-refractivity contribution in [3.63, 3.8) is 0 Å². The minimum absolute atomic E-state index is 0.211. The van der Waals surface area contributed by atoms with Crippen molar-refractivity contribution in [2.75, 3.05) is 7.11 Å². The molecule has 0 aliphatic rings. The lowest BCUT2D eigenvalue weighted by atomic mass is 10.1. The molecule has 1 aromatic heterocycles. The molecular formula is C15H19NO2. The number of hydrogen-bond donors (Lipinski definition) is 1. The van der Waals surface area contributed by atoms with Crippen molar-refractivity contribution in [2.45, 2.75) is 26.4 Å². The van der Waals surface area contributed by atoms with Crippen LogP contribution < -0.4 is 10.1 Å². The molecule has 2 aromatic rings. The van der Waals surface area contributed by atoms with Gasteiger partial charge in [-0.25, -0.2) is 0 Å². The molecule has 0 aliphatic heterocycles. The average Bonchev–Trinajstić information content (AvgIpc) is 2.90. The third-order valence-corrected chi connectivity index (χ3v) is 3.04. The number of aryl methyl sites for hydroxylation is 1. The van der Waals surface area contributed by atoms with E-state index in [-0.39, 0.29) is 6.04 Å². The molecule has 0 radical (unpaired) electrons. The largest absolute Gasteiger partial charge is 0.496 e. The Morgan fingerprint density at radius 2 is 2.17 bits per heavy atom. The second-order valence-corrected chi connectivity index (χ2v) is 4.42. The van der Waals surface area contributed by atoms with Gasteiger partial charge < -0.3 is 14.5 Å². The van der Waals surface area contributed by atoms with E-state index in [9.17, 15) is 0 Å². The maximum absolute atomic E-state index is 5.36. The first kappa shape index (κ1) is 12.7. The second-order valence-electron chi connectivity index (χ2n) is 4.42. The average molecular weight is 245 g/mol. The first-order valence-electron chi connectivity index (χ1n) is 6.11. The first-order chi connectivity index (χ1) is 8.70. The monoisotopic (exact) mass is 245 g/mol. The highest BCUT2D eigenvalue weighted by atomic mass is 16.5. The van der Waals surface area contributed by atoms with Crippen molar-refractivity contribution in [1.82, 2.24) is 5.32 Å². The Balaban J connectivity index is 1.96. The maximum Gasteiger partial charge on any atom is 0.121 e. The Morgan fingerprint density at radius 3 is 2.78 bits per heavy atom. The molecule has 3 nitrogen and oxygen atoms in total. The molecule has 3 heteroatoms. The van der Waals surface area contributed by atoms with Crippen LogP contribution in [0, 0.1) is 6.92 Å². The van der Waals surface area contributed by atoms with Gasteiger partial charge in [-0.05, 0) is 43.2 Å². The third kappa shape index (κ3) is 2.93. The first-order valence-corrected chi connectivity index (χ1v) is 6.11. The molecule has 0 aliphatic carbocycles. The van der Waals surface area contributed by atoms with E-state index in [0.717, 1.165) is 23.6 Å². The predicted octanol–water partition coefficient (Wildman–Crippen LogP) is 3.45. The summed E-state index contributed by atoms with van der Waals surface area (Å²) in [5.74, 6) is 1.89. The van der Waals surface area contributed by atoms with Gasteiger partial charge in [0.25, 0.3) is 0 Å². The standard InChI is InChI=1S/C15H19NO2/c1-11-9-13(6-7-14(11)17-3)10-16-12(2)15-5-4-8-18-15/h4-9,12,16H,10H2,1-3H3/t12-/m1/s1. The fourth-order valence-electron chi connectivity index (χ4n) is 1.96. The van der Waals surface area contributed by atoms with Crippen LogP contribution in [0.2, 0.25) is 0 Å². The molecule has 0 fully saturated rings. The summed E-state index contributed by atoms with van der Waals surface area (Å²) in [4.78, 5) is 0. The van der Waals surface area contributed by atoms with Gasteiger partial charge in [-0.3, -0.25) is 0 Å². The summed E-state index contributed by atoms with van der Waals surface area (Å²) in [6, 6.07) is 10.3. The number of rotatable bonds is 5. The molecule has 0 unspecified atom stereocenters. The van der Waals surface area contributed by atoms with Gasteiger partial charge in [0.15, 0.2) is 0 Å². The molecule has 1 N–H and O–H groups in total. The van der Waals surface area contributed by atoms with Crippen LogP contribution in [0.15, 0.2) is 41.0 Å². The summed E-state index contributed by atoms with van der Waals surface area (Å²) in [5.41, 5.74) is 2.40. The Bertz CT molecular complexity index is 491. The summed E-state index contributed by atoms with van der Waals surface area (Å²) in [6.45, 7) is 4.96. The Kier molecular flexibility index (Phi) is 4.05. The van der Waals surface area contributed by atoms with Gasteiger partial charge in [0.05, 0.1) is 19.4 Å². The van der Waals surface area contributed by atoms with Gasteiger partial charge in [0.1, 0.15) is 11.5 Å². The predicted molar refractivity (Wildman–Crippen MR) is 71.7 cm³/mol. The lowest BCUT2D eigenvalue weighted by Crippen LogP contribution is -2.17. The van der Waals surface area contributed by atoms with E-state index < -0.39 is 0 Å². The van der Waals surface area contributed by atoms with Crippen LogP contribution in [0.4, 0.5) is 0 Å². The van der Waals surface area contributed by atoms with E-state index in [1.54, 1.807) is 13.4 Å². The molecule has 1 aromatic carbocycles. The number of benzene rings is 1. The quantitative estimate of drug-likeness (QED) is 0.876. The summed E-state index contributed by atoms with van der Waals surface area (Å²) >= 11 is 0. The molecule has 0 saturated heterocycles. The Labute approximate surface area is 108 Å². The van der Waals surface area contributed by atoms with E-state index in [4.69, 9.17) is 9.15 Å². The van der Waals surface area contributed by atoms with E-state index >= 15 is 0 Å². The molecule has 96 valence electrons. The van der Waals surface area contributed by atoms with E-state index in [1.807, 2.05) is 18.2 Å². The van der Waals surface area contributed by atoms with Gasteiger partial charge in [0.2, 0.25) is 0 Å². The molecule has 0 bridgehead atoms. The highest BCUT2D eigenvalue weighted by Crippen LogP contribution is 2.19. The van der Waals surface area contributed by atoms with Crippen LogP contribution in [0.3, 0.4) is 0 Å². The molecule has 1 atom stereocenters. The highest BCUT2D eigenvalue weighted by Gasteiger charge is 2.07. The van der Waals surface area contributed by atoms with Crippen molar-refractivity contribution < 1.29 is 9.15 Å². The van der Waals surface area contributed by atoms with Gasteiger partial charge in [-0.2, -0.15) is 0 Å². The molecule has 0 saturated carbocycles. The number of methoxy groups -OCH3 is 1. The summed E-state index contributed by atoms with van der Waals surface area (Å²) in [5, 5.41) is 3.43. The minimum atomic E-state index is 0.211. The SMILES string of the molecule is COc1ccc(CN[C@H](C)c2ccco2)cc1C. The van der Waals surface area contributed by atoms with E-state index in [2.05, 4.69) is 31.3 Å². The zero-order valence-electron chi connectivity index (χ0n) is 11.1.